The Morgan fingerprint density at radius 3 is 2.33 bits per heavy atom. The molecule has 6 heteroatoms. The number of urea groups is 1. The highest BCUT2D eigenvalue weighted by molar-refractivity contribution is 8.00. The van der Waals surface area contributed by atoms with Crippen LogP contribution in [0, 0.1) is 0 Å². The quantitative estimate of drug-likeness (QED) is 0.870. The molecule has 1 N–H and O–H groups in total. The summed E-state index contributed by atoms with van der Waals surface area (Å²) < 4.78 is 0. The number of hydrogen-bond acceptors (Lipinski definition) is 3. The summed E-state index contributed by atoms with van der Waals surface area (Å²) in [4.78, 5) is 28.0. The van der Waals surface area contributed by atoms with E-state index < -0.39 is 12.0 Å². The molecular formula is C15H26N2O3S. The molecule has 2 fully saturated rings. The van der Waals surface area contributed by atoms with Crippen LogP contribution in [0.4, 0.5) is 4.79 Å². The second kappa shape index (κ2) is 6.90. The van der Waals surface area contributed by atoms with Gasteiger partial charge in [-0.05, 0) is 39.5 Å². The van der Waals surface area contributed by atoms with Crippen LogP contribution in [0.5, 0.6) is 0 Å². The van der Waals surface area contributed by atoms with E-state index in [0.29, 0.717) is 5.75 Å². The molecule has 0 aromatic heterocycles. The van der Waals surface area contributed by atoms with Gasteiger partial charge < -0.3 is 10.0 Å². The first-order chi connectivity index (χ1) is 9.97. The van der Waals surface area contributed by atoms with Crippen LogP contribution in [0.15, 0.2) is 0 Å². The summed E-state index contributed by atoms with van der Waals surface area (Å²) in [6.45, 7) is 6.21. The van der Waals surface area contributed by atoms with E-state index in [1.807, 2.05) is 4.90 Å². The first-order valence-electron chi connectivity index (χ1n) is 7.92. The van der Waals surface area contributed by atoms with Crippen molar-refractivity contribution in [2.24, 2.45) is 0 Å². The summed E-state index contributed by atoms with van der Waals surface area (Å²) in [6.07, 6.45) is 4.97. The van der Waals surface area contributed by atoms with Crippen LogP contribution in [0.3, 0.4) is 0 Å². The average Bonchev–Trinajstić information content (AvgIpc) is 2.82. The number of likely N-dealkylation sites (tertiary alicyclic amines) is 1. The van der Waals surface area contributed by atoms with Gasteiger partial charge in [0.15, 0.2) is 0 Å². The van der Waals surface area contributed by atoms with Crippen molar-refractivity contribution in [2.45, 2.75) is 76.4 Å². The van der Waals surface area contributed by atoms with Crippen molar-refractivity contribution < 1.29 is 14.7 Å². The monoisotopic (exact) mass is 314 g/mol. The fourth-order valence-corrected chi connectivity index (χ4v) is 4.92. The first-order valence-corrected chi connectivity index (χ1v) is 8.97. The van der Waals surface area contributed by atoms with Gasteiger partial charge in [-0.2, -0.15) is 0 Å². The van der Waals surface area contributed by atoms with Gasteiger partial charge in [0.2, 0.25) is 0 Å². The molecule has 120 valence electrons. The van der Waals surface area contributed by atoms with Gasteiger partial charge in [0.1, 0.15) is 6.04 Å². The Labute approximate surface area is 131 Å². The molecule has 2 aliphatic heterocycles. The van der Waals surface area contributed by atoms with E-state index in [1.165, 1.54) is 0 Å². The molecule has 0 aromatic carbocycles. The Bertz CT molecular complexity index is 394. The molecule has 2 heterocycles. The molecule has 0 bridgehead atoms. The Morgan fingerprint density at radius 1 is 1.19 bits per heavy atom. The zero-order valence-corrected chi connectivity index (χ0v) is 13.9. The molecule has 2 saturated heterocycles. The maximum atomic E-state index is 13.0. The van der Waals surface area contributed by atoms with Crippen molar-refractivity contribution in [3.8, 4) is 0 Å². The number of piperidine rings is 1. The van der Waals surface area contributed by atoms with E-state index in [4.69, 9.17) is 0 Å². The van der Waals surface area contributed by atoms with E-state index in [0.717, 1.165) is 32.1 Å². The SMILES string of the molecule is CCCC1SCC(C(=O)O)N1C(=O)N1C(C)CCCC1C. The Morgan fingerprint density at radius 2 is 1.81 bits per heavy atom. The highest BCUT2D eigenvalue weighted by Crippen LogP contribution is 2.35. The number of hydrogen-bond donors (Lipinski definition) is 1. The fourth-order valence-electron chi connectivity index (χ4n) is 3.41. The lowest BCUT2D eigenvalue weighted by Crippen LogP contribution is -2.57. The molecule has 0 spiro atoms. The number of carbonyl (C=O) groups excluding carboxylic acids is 1. The van der Waals surface area contributed by atoms with Crippen LogP contribution in [0.2, 0.25) is 0 Å². The average molecular weight is 314 g/mol. The maximum Gasteiger partial charge on any atom is 0.327 e. The highest BCUT2D eigenvalue weighted by Gasteiger charge is 2.44. The fraction of sp³-hybridized carbons (Fsp3) is 0.867. The summed E-state index contributed by atoms with van der Waals surface area (Å²) in [6, 6.07) is -0.363. The van der Waals surface area contributed by atoms with Crippen molar-refractivity contribution in [3.63, 3.8) is 0 Å². The van der Waals surface area contributed by atoms with Gasteiger partial charge in [-0.1, -0.05) is 13.3 Å². The topological polar surface area (TPSA) is 60.9 Å². The van der Waals surface area contributed by atoms with Gasteiger partial charge in [0.05, 0.1) is 5.37 Å². The van der Waals surface area contributed by atoms with E-state index >= 15 is 0 Å². The molecule has 0 aromatic rings. The third-order valence-electron chi connectivity index (χ3n) is 4.55. The molecule has 21 heavy (non-hydrogen) atoms. The van der Waals surface area contributed by atoms with Crippen molar-refractivity contribution >= 4 is 23.8 Å². The Balaban J connectivity index is 2.21. The number of amides is 2. The molecule has 2 amide bonds. The van der Waals surface area contributed by atoms with Crippen LogP contribution < -0.4 is 0 Å². The maximum absolute atomic E-state index is 13.0. The second-order valence-electron chi connectivity index (χ2n) is 6.16. The molecule has 5 nitrogen and oxygen atoms in total. The second-order valence-corrected chi connectivity index (χ2v) is 7.37. The lowest BCUT2D eigenvalue weighted by atomic mass is 9.98. The standard InChI is InChI=1S/C15H26N2O3S/c1-4-6-13-17(12(9-21-13)14(18)19)15(20)16-10(2)7-5-8-11(16)3/h10-13H,4-9H2,1-3H3,(H,18,19). The van der Waals surface area contributed by atoms with Crippen LogP contribution in [-0.2, 0) is 4.79 Å². The first kappa shape index (κ1) is 16.5. The lowest BCUT2D eigenvalue weighted by molar-refractivity contribution is -0.141. The number of nitrogens with zero attached hydrogens (tertiary/aromatic N) is 2. The Kier molecular flexibility index (Phi) is 5.41. The van der Waals surface area contributed by atoms with Gasteiger partial charge >= 0.3 is 12.0 Å². The van der Waals surface area contributed by atoms with Crippen molar-refractivity contribution in [1.29, 1.82) is 0 Å². The number of aliphatic carboxylic acids is 1. The molecule has 4 atom stereocenters. The highest BCUT2D eigenvalue weighted by atomic mass is 32.2. The molecular weight excluding hydrogens is 288 g/mol. The smallest absolute Gasteiger partial charge is 0.327 e. The number of carboxylic acid groups (broad SMARTS) is 1. The third-order valence-corrected chi connectivity index (χ3v) is 5.90. The third kappa shape index (κ3) is 3.30. The van der Waals surface area contributed by atoms with Crippen molar-refractivity contribution in [1.82, 2.24) is 9.80 Å². The van der Waals surface area contributed by atoms with Gasteiger partial charge in [0.25, 0.3) is 0 Å². The normalized spacial score (nSPS) is 33.3. The summed E-state index contributed by atoms with van der Waals surface area (Å²) in [5.41, 5.74) is 0. The predicted octanol–water partition coefficient (Wildman–Crippen LogP) is 3.00. The van der Waals surface area contributed by atoms with Gasteiger partial charge in [-0.15, -0.1) is 11.8 Å². The summed E-state index contributed by atoms with van der Waals surface area (Å²) >= 11 is 1.60. The van der Waals surface area contributed by atoms with E-state index in [2.05, 4.69) is 20.8 Å². The summed E-state index contributed by atoms with van der Waals surface area (Å²) in [7, 11) is 0. The Hall–Kier alpha value is -0.910. The van der Waals surface area contributed by atoms with Gasteiger partial charge in [0, 0.05) is 17.8 Å². The number of carboxylic acids is 1. The molecule has 2 rings (SSSR count). The minimum Gasteiger partial charge on any atom is -0.480 e. The molecule has 0 aliphatic carbocycles. The van der Waals surface area contributed by atoms with Gasteiger partial charge in [-0.3, -0.25) is 4.90 Å². The largest absolute Gasteiger partial charge is 0.480 e. The van der Waals surface area contributed by atoms with Crippen molar-refractivity contribution in [2.75, 3.05) is 5.75 Å². The molecule has 2 aliphatic rings. The predicted molar refractivity (Wildman–Crippen MR) is 84.4 cm³/mol. The minimum absolute atomic E-state index is 0.00456. The number of rotatable bonds is 3. The van der Waals surface area contributed by atoms with Crippen molar-refractivity contribution in [3.05, 3.63) is 0 Å². The van der Waals surface area contributed by atoms with E-state index in [-0.39, 0.29) is 23.5 Å². The van der Waals surface area contributed by atoms with E-state index in [1.54, 1.807) is 16.7 Å². The zero-order valence-electron chi connectivity index (χ0n) is 13.1. The molecule has 0 saturated carbocycles. The van der Waals surface area contributed by atoms with Gasteiger partial charge in [-0.25, -0.2) is 9.59 Å². The van der Waals surface area contributed by atoms with Crippen LogP contribution >= 0.6 is 11.8 Å². The van der Waals surface area contributed by atoms with Crippen LogP contribution in [0.1, 0.15) is 52.9 Å². The summed E-state index contributed by atoms with van der Waals surface area (Å²) in [5.74, 6) is -0.380. The number of carbonyl (C=O) groups is 2. The van der Waals surface area contributed by atoms with E-state index in [9.17, 15) is 14.7 Å². The molecule has 4 unspecified atom stereocenters. The number of thioether (sulfide) groups is 1. The van der Waals surface area contributed by atoms with Crippen LogP contribution in [-0.4, -0.2) is 56.2 Å². The molecule has 0 radical (unpaired) electrons. The zero-order chi connectivity index (χ0) is 15.6. The minimum atomic E-state index is -0.883. The summed E-state index contributed by atoms with van der Waals surface area (Å²) in [5, 5.41) is 9.43. The lowest BCUT2D eigenvalue weighted by Gasteiger charge is -2.43. The van der Waals surface area contributed by atoms with Crippen LogP contribution in [0.25, 0.3) is 0 Å².